The first-order chi connectivity index (χ1) is 8.98. The van der Waals surface area contributed by atoms with Gasteiger partial charge in [-0.1, -0.05) is 39.8 Å². The summed E-state index contributed by atoms with van der Waals surface area (Å²) < 4.78 is 0. The van der Waals surface area contributed by atoms with E-state index in [1.807, 2.05) is 0 Å². The monoisotopic (exact) mass is 258 g/mol. The molecule has 1 rings (SSSR count). The maximum absolute atomic E-state index is 8.65. The molecule has 1 aromatic rings. The predicted octanol–water partition coefficient (Wildman–Crippen LogP) is 4.94. The van der Waals surface area contributed by atoms with Crippen molar-refractivity contribution in [1.29, 1.82) is 5.26 Å². The van der Waals surface area contributed by atoms with Crippen LogP contribution in [0, 0.1) is 16.7 Å². The van der Waals surface area contributed by atoms with Gasteiger partial charge in [-0.25, -0.2) is 0 Å². The van der Waals surface area contributed by atoms with Crippen LogP contribution < -0.4 is 5.32 Å². The van der Waals surface area contributed by atoms with E-state index in [1.54, 1.807) is 0 Å². The fourth-order valence-electron chi connectivity index (χ4n) is 1.99. The van der Waals surface area contributed by atoms with E-state index in [0.717, 1.165) is 18.7 Å². The van der Waals surface area contributed by atoms with Crippen molar-refractivity contribution in [3.05, 3.63) is 29.8 Å². The molecule has 0 aliphatic heterocycles. The van der Waals surface area contributed by atoms with Gasteiger partial charge in [0.1, 0.15) is 0 Å². The molecule has 0 radical (unpaired) electrons. The number of benzene rings is 1. The van der Waals surface area contributed by atoms with Crippen molar-refractivity contribution in [2.75, 3.05) is 11.9 Å². The Morgan fingerprint density at radius 2 is 1.89 bits per heavy atom. The van der Waals surface area contributed by atoms with Crippen LogP contribution in [0.5, 0.6) is 0 Å². The molecule has 1 N–H and O–H groups in total. The second-order valence-corrected chi connectivity index (χ2v) is 6.11. The van der Waals surface area contributed by atoms with Gasteiger partial charge in [0, 0.05) is 18.7 Å². The Labute approximate surface area is 117 Å². The lowest BCUT2D eigenvalue weighted by Crippen LogP contribution is -2.22. The number of nitrogens with one attached hydrogen (secondary N) is 1. The lowest BCUT2D eigenvalue weighted by atomic mass is 9.88. The minimum absolute atomic E-state index is 0.158. The Kier molecular flexibility index (Phi) is 5.89. The molecule has 1 unspecified atom stereocenters. The highest BCUT2D eigenvalue weighted by Gasteiger charge is 2.16. The molecule has 104 valence electrons. The van der Waals surface area contributed by atoms with Crippen LogP contribution in [0.2, 0.25) is 0 Å². The topological polar surface area (TPSA) is 35.8 Å². The number of nitrogens with zero attached hydrogens (tertiary/aromatic N) is 1. The van der Waals surface area contributed by atoms with Crippen molar-refractivity contribution in [3.63, 3.8) is 0 Å². The second kappa shape index (κ2) is 7.19. The summed E-state index contributed by atoms with van der Waals surface area (Å²) in [6, 6.07) is 10.9. The normalized spacial score (nSPS) is 12.8. The minimum Gasteiger partial charge on any atom is -0.385 e. The van der Waals surface area contributed by atoms with Gasteiger partial charge in [-0.3, -0.25) is 0 Å². The Balaban J connectivity index is 2.52. The summed E-state index contributed by atoms with van der Waals surface area (Å²) in [6.45, 7) is 9.77. The van der Waals surface area contributed by atoms with E-state index in [1.165, 1.54) is 12.0 Å². The summed E-state index contributed by atoms with van der Waals surface area (Å²) in [5.41, 5.74) is 2.72. The van der Waals surface area contributed by atoms with E-state index in [2.05, 4.69) is 63.3 Å². The van der Waals surface area contributed by atoms with E-state index < -0.39 is 0 Å². The average Bonchev–Trinajstić information content (AvgIpc) is 2.43. The van der Waals surface area contributed by atoms with Gasteiger partial charge in [-0.15, -0.1) is 0 Å². The summed E-state index contributed by atoms with van der Waals surface area (Å²) in [6.07, 6.45) is 2.73. The van der Waals surface area contributed by atoms with Crippen LogP contribution >= 0.6 is 0 Å². The molecular formula is C17H26N2. The zero-order valence-electron chi connectivity index (χ0n) is 12.7. The standard InChI is InChI=1S/C17H26N2/c1-5-14(2)15-7-9-16(10-8-15)19-13-17(3,4)11-6-12-18/h7-10,14,19H,5-6,11,13H2,1-4H3. The van der Waals surface area contributed by atoms with E-state index in [0.29, 0.717) is 12.3 Å². The third-order valence-corrected chi connectivity index (χ3v) is 3.78. The molecule has 1 atom stereocenters. The smallest absolute Gasteiger partial charge is 0.0621 e. The summed E-state index contributed by atoms with van der Waals surface area (Å²) in [5, 5.41) is 12.1. The van der Waals surface area contributed by atoms with E-state index in [-0.39, 0.29) is 5.41 Å². The van der Waals surface area contributed by atoms with Gasteiger partial charge in [0.2, 0.25) is 0 Å². The lowest BCUT2D eigenvalue weighted by molar-refractivity contribution is 0.364. The van der Waals surface area contributed by atoms with Crippen LogP contribution in [-0.2, 0) is 0 Å². The van der Waals surface area contributed by atoms with Gasteiger partial charge in [0.05, 0.1) is 6.07 Å². The first-order valence-electron chi connectivity index (χ1n) is 7.19. The van der Waals surface area contributed by atoms with Crippen LogP contribution in [-0.4, -0.2) is 6.54 Å². The first-order valence-corrected chi connectivity index (χ1v) is 7.19. The minimum atomic E-state index is 0.158. The predicted molar refractivity (Wildman–Crippen MR) is 82.3 cm³/mol. The summed E-state index contributed by atoms with van der Waals surface area (Å²) in [4.78, 5) is 0. The Hall–Kier alpha value is -1.49. The highest BCUT2D eigenvalue weighted by Crippen LogP contribution is 2.24. The van der Waals surface area contributed by atoms with Crippen molar-refractivity contribution in [2.45, 2.75) is 52.9 Å². The zero-order chi connectivity index (χ0) is 14.3. The number of hydrogen-bond acceptors (Lipinski definition) is 2. The molecule has 2 nitrogen and oxygen atoms in total. The number of nitriles is 1. The van der Waals surface area contributed by atoms with Crippen molar-refractivity contribution >= 4 is 5.69 Å². The SMILES string of the molecule is CCC(C)c1ccc(NCC(C)(C)CCC#N)cc1. The Bertz CT molecular complexity index is 412. The Morgan fingerprint density at radius 3 is 2.42 bits per heavy atom. The molecule has 0 aliphatic rings. The summed E-state index contributed by atoms with van der Waals surface area (Å²) >= 11 is 0. The Morgan fingerprint density at radius 1 is 1.26 bits per heavy atom. The van der Waals surface area contributed by atoms with Crippen molar-refractivity contribution in [1.82, 2.24) is 0 Å². The highest BCUT2D eigenvalue weighted by atomic mass is 14.9. The third kappa shape index (κ3) is 5.34. The molecule has 2 heteroatoms. The summed E-state index contributed by atoms with van der Waals surface area (Å²) in [7, 11) is 0. The van der Waals surface area contributed by atoms with E-state index in [9.17, 15) is 0 Å². The molecule has 1 aromatic carbocycles. The first kappa shape index (κ1) is 15.6. The average molecular weight is 258 g/mol. The molecule has 19 heavy (non-hydrogen) atoms. The number of rotatable bonds is 7. The van der Waals surface area contributed by atoms with Crippen molar-refractivity contribution < 1.29 is 0 Å². The third-order valence-electron chi connectivity index (χ3n) is 3.78. The van der Waals surface area contributed by atoms with Gasteiger partial charge < -0.3 is 5.32 Å². The lowest BCUT2D eigenvalue weighted by Gasteiger charge is -2.24. The van der Waals surface area contributed by atoms with Gasteiger partial charge in [-0.05, 0) is 41.9 Å². The number of anilines is 1. The molecular weight excluding hydrogens is 232 g/mol. The largest absolute Gasteiger partial charge is 0.385 e. The maximum atomic E-state index is 8.65. The van der Waals surface area contributed by atoms with Crippen LogP contribution in [0.1, 0.15) is 58.4 Å². The fourth-order valence-corrected chi connectivity index (χ4v) is 1.99. The van der Waals surface area contributed by atoms with E-state index in [4.69, 9.17) is 5.26 Å². The molecule has 0 fully saturated rings. The van der Waals surface area contributed by atoms with Crippen LogP contribution in [0.15, 0.2) is 24.3 Å². The van der Waals surface area contributed by atoms with Gasteiger partial charge in [-0.2, -0.15) is 5.26 Å². The molecule has 0 amide bonds. The molecule has 0 saturated carbocycles. The van der Waals surface area contributed by atoms with E-state index >= 15 is 0 Å². The molecule has 0 spiro atoms. The molecule has 0 bridgehead atoms. The van der Waals surface area contributed by atoms with Gasteiger partial charge in [0.15, 0.2) is 0 Å². The highest BCUT2D eigenvalue weighted by molar-refractivity contribution is 5.45. The van der Waals surface area contributed by atoms with Crippen molar-refractivity contribution in [2.24, 2.45) is 5.41 Å². The summed E-state index contributed by atoms with van der Waals surface area (Å²) in [5.74, 6) is 0.626. The molecule has 0 heterocycles. The number of hydrogen-bond donors (Lipinski definition) is 1. The van der Waals surface area contributed by atoms with Crippen LogP contribution in [0.4, 0.5) is 5.69 Å². The fraction of sp³-hybridized carbons (Fsp3) is 0.588. The molecule has 0 aliphatic carbocycles. The van der Waals surface area contributed by atoms with Crippen molar-refractivity contribution in [3.8, 4) is 6.07 Å². The van der Waals surface area contributed by atoms with Gasteiger partial charge in [0.25, 0.3) is 0 Å². The van der Waals surface area contributed by atoms with Gasteiger partial charge >= 0.3 is 0 Å². The quantitative estimate of drug-likeness (QED) is 0.751. The molecule has 0 aromatic heterocycles. The maximum Gasteiger partial charge on any atom is 0.0621 e. The zero-order valence-corrected chi connectivity index (χ0v) is 12.7. The van der Waals surface area contributed by atoms with Crippen LogP contribution in [0.3, 0.4) is 0 Å². The van der Waals surface area contributed by atoms with Crippen LogP contribution in [0.25, 0.3) is 0 Å². The molecule has 0 saturated heterocycles. The second-order valence-electron chi connectivity index (χ2n) is 6.11.